The van der Waals surface area contributed by atoms with Crippen molar-refractivity contribution in [3.8, 4) is 17.1 Å². The van der Waals surface area contributed by atoms with Crippen LogP contribution in [0.1, 0.15) is 28.2 Å². The lowest BCUT2D eigenvalue weighted by Gasteiger charge is -2.37. The van der Waals surface area contributed by atoms with Crippen LogP contribution in [0, 0.1) is 0 Å². The molecule has 0 atom stereocenters. The van der Waals surface area contributed by atoms with E-state index in [1.807, 2.05) is 31.5 Å². The fraction of sp³-hybridized carbons (Fsp3) is 0.526. The Balaban J connectivity index is 0.00000225. The summed E-state index contributed by atoms with van der Waals surface area (Å²) in [6, 6.07) is 4.43. The third kappa shape index (κ3) is 4.66. The van der Waals surface area contributed by atoms with Crippen LogP contribution >= 0.6 is 0 Å². The number of hydrogen-bond acceptors (Lipinski definition) is 6. The first-order valence-electron chi connectivity index (χ1n) is 8.57. The minimum atomic E-state index is 0. The lowest BCUT2D eigenvalue weighted by molar-refractivity contribution is 0.209. The molecule has 1 saturated heterocycles. The SMILES string of the molecule is C.CCOc1ccc(-c2cnc(N3CCN(C(C)C)CC3)cn2)cn1. The molecule has 0 aromatic carbocycles. The van der Waals surface area contributed by atoms with E-state index >= 15 is 0 Å². The van der Waals surface area contributed by atoms with Crippen molar-refractivity contribution in [1.82, 2.24) is 19.9 Å². The van der Waals surface area contributed by atoms with Gasteiger partial charge in [0.1, 0.15) is 5.82 Å². The number of ether oxygens (including phenoxy) is 1. The van der Waals surface area contributed by atoms with Gasteiger partial charge in [-0.2, -0.15) is 0 Å². The van der Waals surface area contributed by atoms with Crippen molar-refractivity contribution in [2.24, 2.45) is 0 Å². The second kappa shape index (κ2) is 8.76. The Hall–Kier alpha value is -2.21. The zero-order valence-electron chi connectivity index (χ0n) is 14.6. The summed E-state index contributed by atoms with van der Waals surface area (Å²) in [6.45, 7) is 11.2. The van der Waals surface area contributed by atoms with Gasteiger partial charge in [0.25, 0.3) is 0 Å². The molecule has 0 radical (unpaired) electrons. The number of anilines is 1. The van der Waals surface area contributed by atoms with Crippen molar-refractivity contribution in [1.29, 1.82) is 0 Å². The molecular formula is C19H29N5O. The average Bonchev–Trinajstić information content (AvgIpc) is 2.63. The lowest BCUT2D eigenvalue weighted by Crippen LogP contribution is -2.49. The maximum atomic E-state index is 5.36. The molecule has 0 N–H and O–H groups in total. The molecule has 2 aromatic rings. The molecule has 3 heterocycles. The van der Waals surface area contributed by atoms with Crippen LogP contribution in [-0.4, -0.2) is 58.7 Å². The fourth-order valence-electron chi connectivity index (χ4n) is 2.87. The van der Waals surface area contributed by atoms with Gasteiger partial charge in [0.2, 0.25) is 5.88 Å². The molecular weight excluding hydrogens is 314 g/mol. The number of hydrogen-bond donors (Lipinski definition) is 0. The molecule has 1 fully saturated rings. The van der Waals surface area contributed by atoms with Crippen LogP contribution in [0.4, 0.5) is 5.82 Å². The maximum Gasteiger partial charge on any atom is 0.213 e. The highest BCUT2D eigenvalue weighted by Gasteiger charge is 2.19. The normalized spacial score (nSPS) is 15.1. The molecule has 0 saturated carbocycles. The monoisotopic (exact) mass is 343 g/mol. The van der Waals surface area contributed by atoms with Gasteiger partial charge >= 0.3 is 0 Å². The third-order valence-electron chi connectivity index (χ3n) is 4.33. The highest BCUT2D eigenvalue weighted by molar-refractivity contribution is 5.58. The third-order valence-corrected chi connectivity index (χ3v) is 4.33. The van der Waals surface area contributed by atoms with Gasteiger partial charge in [0, 0.05) is 50.0 Å². The van der Waals surface area contributed by atoms with Gasteiger partial charge in [0.15, 0.2) is 0 Å². The average molecular weight is 343 g/mol. The molecule has 0 aliphatic carbocycles. The first-order chi connectivity index (χ1) is 11.7. The van der Waals surface area contributed by atoms with Crippen molar-refractivity contribution in [2.75, 3.05) is 37.7 Å². The summed E-state index contributed by atoms with van der Waals surface area (Å²) in [7, 11) is 0. The quantitative estimate of drug-likeness (QED) is 0.831. The Labute approximate surface area is 150 Å². The molecule has 0 amide bonds. The lowest BCUT2D eigenvalue weighted by atomic mass is 10.2. The summed E-state index contributed by atoms with van der Waals surface area (Å²) >= 11 is 0. The standard InChI is InChI=1S/C18H25N5O.CH4/c1-4-24-18-6-5-15(11-21-18)16-12-20-17(13-19-16)23-9-7-22(8-10-23)14(2)3;/h5-6,11-14H,4,7-10H2,1-3H3;1H4. The Morgan fingerprint density at radius 3 is 2.28 bits per heavy atom. The second-order valence-electron chi connectivity index (χ2n) is 6.19. The van der Waals surface area contributed by atoms with E-state index in [2.05, 4.69) is 38.6 Å². The maximum absolute atomic E-state index is 5.36. The molecule has 1 aliphatic heterocycles. The van der Waals surface area contributed by atoms with Gasteiger partial charge in [-0.3, -0.25) is 9.88 Å². The topological polar surface area (TPSA) is 54.4 Å². The van der Waals surface area contributed by atoms with E-state index in [0.717, 1.165) is 43.3 Å². The van der Waals surface area contributed by atoms with Crippen LogP contribution in [0.5, 0.6) is 5.88 Å². The highest BCUT2D eigenvalue weighted by atomic mass is 16.5. The summed E-state index contributed by atoms with van der Waals surface area (Å²) in [4.78, 5) is 18.2. The minimum Gasteiger partial charge on any atom is -0.478 e. The predicted octanol–water partition coefficient (Wildman–Crippen LogP) is 3.10. The molecule has 0 bridgehead atoms. The first-order valence-corrected chi connectivity index (χ1v) is 8.57. The molecule has 6 heteroatoms. The van der Waals surface area contributed by atoms with E-state index < -0.39 is 0 Å². The molecule has 0 spiro atoms. The number of aromatic nitrogens is 3. The van der Waals surface area contributed by atoms with E-state index in [4.69, 9.17) is 4.74 Å². The van der Waals surface area contributed by atoms with Gasteiger partial charge in [-0.25, -0.2) is 9.97 Å². The summed E-state index contributed by atoms with van der Waals surface area (Å²) in [6.07, 6.45) is 5.45. The minimum absolute atomic E-state index is 0. The van der Waals surface area contributed by atoms with Gasteiger partial charge < -0.3 is 9.64 Å². The van der Waals surface area contributed by atoms with Gasteiger partial charge in [-0.1, -0.05) is 7.43 Å². The van der Waals surface area contributed by atoms with Crippen LogP contribution in [0.25, 0.3) is 11.3 Å². The molecule has 6 nitrogen and oxygen atoms in total. The Bertz CT molecular complexity index is 634. The number of rotatable bonds is 5. The summed E-state index contributed by atoms with van der Waals surface area (Å²) in [5.74, 6) is 1.58. The van der Waals surface area contributed by atoms with Crippen LogP contribution in [-0.2, 0) is 0 Å². The van der Waals surface area contributed by atoms with Crippen LogP contribution < -0.4 is 9.64 Å². The molecule has 25 heavy (non-hydrogen) atoms. The molecule has 2 aromatic heterocycles. The highest BCUT2D eigenvalue weighted by Crippen LogP contribution is 2.20. The summed E-state index contributed by atoms with van der Waals surface area (Å²) in [5, 5.41) is 0. The Kier molecular flexibility index (Phi) is 6.70. The summed E-state index contributed by atoms with van der Waals surface area (Å²) < 4.78 is 5.36. The van der Waals surface area contributed by atoms with Crippen LogP contribution in [0.15, 0.2) is 30.7 Å². The predicted molar refractivity (Wildman–Crippen MR) is 102 cm³/mol. The zero-order chi connectivity index (χ0) is 16.9. The largest absolute Gasteiger partial charge is 0.478 e. The van der Waals surface area contributed by atoms with Crippen LogP contribution in [0.2, 0.25) is 0 Å². The first kappa shape index (κ1) is 19.1. The van der Waals surface area contributed by atoms with Crippen molar-refractivity contribution in [2.45, 2.75) is 34.2 Å². The Morgan fingerprint density at radius 2 is 1.76 bits per heavy atom. The van der Waals surface area contributed by atoms with Gasteiger partial charge in [-0.15, -0.1) is 0 Å². The molecule has 0 unspecified atom stereocenters. The fourth-order valence-corrected chi connectivity index (χ4v) is 2.87. The van der Waals surface area contributed by atoms with Gasteiger partial charge in [-0.05, 0) is 26.8 Å². The number of nitrogens with zero attached hydrogens (tertiary/aromatic N) is 5. The van der Waals surface area contributed by atoms with Crippen molar-refractivity contribution in [3.05, 3.63) is 30.7 Å². The van der Waals surface area contributed by atoms with E-state index in [1.165, 1.54) is 0 Å². The second-order valence-corrected chi connectivity index (χ2v) is 6.19. The van der Waals surface area contributed by atoms with E-state index in [-0.39, 0.29) is 7.43 Å². The van der Waals surface area contributed by atoms with E-state index in [1.54, 1.807) is 6.20 Å². The molecule has 136 valence electrons. The number of pyridine rings is 1. The number of piperazine rings is 1. The Morgan fingerprint density at radius 1 is 1.00 bits per heavy atom. The van der Waals surface area contributed by atoms with Crippen molar-refractivity contribution in [3.63, 3.8) is 0 Å². The van der Waals surface area contributed by atoms with Crippen molar-refractivity contribution < 1.29 is 4.74 Å². The molecule has 1 aliphatic rings. The van der Waals surface area contributed by atoms with E-state index in [0.29, 0.717) is 18.5 Å². The zero-order valence-corrected chi connectivity index (χ0v) is 14.6. The van der Waals surface area contributed by atoms with E-state index in [9.17, 15) is 0 Å². The molecule has 3 rings (SSSR count). The van der Waals surface area contributed by atoms with Crippen LogP contribution in [0.3, 0.4) is 0 Å². The van der Waals surface area contributed by atoms with Gasteiger partial charge in [0.05, 0.1) is 24.7 Å². The smallest absolute Gasteiger partial charge is 0.213 e. The summed E-state index contributed by atoms with van der Waals surface area (Å²) in [5.41, 5.74) is 1.78. The van der Waals surface area contributed by atoms with Crippen molar-refractivity contribution >= 4 is 5.82 Å².